The molecule has 1 aromatic heterocycles. The Hall–Kier alpha value is -1.78. The Morgan fingerprint density at radius 3 is 2.71 bits per heavy atom. The van der Waals surface area contributed by atoms with E-state index < -0.39 is 0 Å². The Labute approximate surface area is 185 Å². The maximum absolute atomic E-state index is 12.3. The Morgan fingerprint density at radius 1 is 1.06 bits per heavy atom. The normalized spacial score (nSPS) is 41.5. The van der Waals surface area contributed by atoms with Crippen molar-refractivity contribution in [2.45, 2.75) is 84.2 Å². The van der Waals surface area contributed by atoms with E-state index in [2.05, 4.69) is 19.3 Å². The number of hydrogen-bond donors (Lipinski definition) is 1. The lowest BCUT2D eigenvalue weighted by atomic mass is 9.45. The zero-order valence-corrected chi connectivity index (χ0v) is 19.1. The second kappa shape index (κ2) is 7.97. The van der Waals surface area contributed by atoms with Crippen molar-refractivity contribution in [3.8, 4) is 5.75 Å². The zero-order valence-electron chi connectivity index (χ0n) is 19.1. The number of aldehydes is 1. The molecule has 1 N–H and O–H groups in total. The number of nitrogens with zero attached hydrogens (tertiary/aromatic N) is 1. The average molecular weight is 427 g/mol. The molecular weight excluding hydrogens is 388 g/mol. The molecule has 0 radical (unpaired) electrons. The molecule has 4 fully saturated rings. The number of carbonyl (C=O) groups is 1. The zero-order chi connectivity index (χ0) is 21.6. The lowest BCUT2D eigenvalue weighted by molar-refractivity contribution is -0.117. The standard InChI is InChI=1S/C26H38N2O3/c1-25-12-4-3-5-18(25)6-7-20-21-8-9-23(26(21,2)13-10-22(20)25)31-19-11-15-28(24(30)17-19)27-14-16-29/h11,15-18,20-23,27H,3-10,12-14H2,1-2H3/t18?,20-,21-,22+,23?,25-,26-/m0/s1. The molecule has 0 amide bonds. The lowest BCUT2D eigenvalue weighted by Gasteiger charge is -2.60. The summed E-state index contributed by atoms with van der Waals surface area (Å²) < 4.78 is 7.83. The van der Waals surface area contributed by atoms with Gasteiger partial charge in [0.25, 0.3) is 5.56 Å². The molecule has 5 nitrogen and oxygen atoms in total. The Kier molecular flexibility index (Phi) is 5.42. The van der Waals surface area contributed by atoms with Gasteiger partial charge in [0.15, 0.2) is 0 Å². The highest BCUT2D eigenvalue weighted by Crippen LogP contribution is 2.66. The van der Waals surface area contributed by atoms with Crippen molar-refractivity contribution in [2.75, 3.05) is 12.0 Å². The first-order chi connectivity index (χ1) is 15.0. The van der Waals surface area contributed by atoms with Gasteiger partial charge in [-0.25, -0.2) is 4.68 Å². The molecule has 4 aliphatic carbocycles. The number of aromatic nitrogens is 1. The molecule has 0 aliphatic heterocycles. The third-order valence-electron chi connectivity index (χ3n) is 10.0. The quantitative estimate of drug-likeness (QED) is 0.689. The lowest BCUT2D eigenvalue weighted by Crippen LogP contribution is -2.53. The summed E-state index contributed by atoms with van der Waals surface area (Å²) in [6, 6.07) is 3.39. The molecule has 1 aromatic rings. The van der Waals surface area contributed by atoms with Crippen LogP contribution in [0.25, 0.3) is 0 Å². The van der Waals surface area contributed by atoms with Crippen molar-refractivity contribution in [3.05, 3.63) is 28.7 Å². The summed E-state index contributed by atoms with van der Waals surface area (Å²) in [6.45, 7) is 5.21. The highest BCUT2D eigenvalue weighted by atomic mass is 16.5. The Balaban J connectivity index is 1.32. The summed E-state index contributed by atoms with van der Waals surface area (Å²) in [5.74, 6) is 4.12. The molecule has 5 rings (SSSR count). The summed E-state index contributed by atoms with van der Waals surface area (Å²) >= 11 is 0. The maximum Gasteiger partial charge on any atom is 0.272 e. The molecule has 5 heteroatoms. The minimum atomic E-state index is -0.189. The fraction of sp³-hybridized carbons (Fsp3) is 0.769. The van der Waals surface area contributed by atoms with Gasteiger partial charge in [0, 0.05) is 17.7 Å². The molecule has 7 atom stereocenters. The van der Waals surface area contributed by atoms with E-state index in [1.54, 1.807) is 12.3 Å². The van der Waals surface area contributed by atoms with E-state index in [0.29, 0.717) is 11.2 Å². The van der Waals surface area contributed by atoms with Gasteiger partial charge in [-0.15, -0.1) is 0 Å². The van der Waals surface area contributed by atoms with Crippen LogP contribution in [-0.4, -0.2) is 23.6 Å². The number of fused-ring (bicyclic) bond motifs is 5. The van der Waals surface area contributed by atoms with Crippen LogP contribution in [0.5, 0.6) is 5.75 Å². The SMILES string of the molecule is C[C@]12CCCCC1CC[C@@H]1[C@H]2CC[C@]2(C)C(Oc3ccn(NCC=O)c(=O)c3)CC[C@@H]12. The van der Waals surface area contributed by atoms with Gasteiger partial charge in [-0.2, -0.15) is 0 Å². The van der Waals surface area contributed by atoms with Crippen molar-refractivity contribution in [1.29, 1.82) is 0 Å². The number of pyridine rings is 1. The van der Waals surface area contributed by atoms with Crippen LogP contribution in [0.3, 0.4) is 0 Å². The van der Waals surface area contributed by atoms with Crippen molar-refractivity contribution in [2.24, 2.45) is 34.5 Å². The topological polar surface area (TPSA) is 60.3 Å². The molecule has 0 spiro atoms. The van der Waals surface area contributed by atoms with Gasteiger partial charge in [0.05, 0.1) is 6.54 Å². The van der Waals surface area contributed by atoms with Gasteiger partial charge in [0.2, 0.25) is 0 Å². The molecule has 2 unspecified atom stereocenters. The van der Waals surface area contributed by atoms with Crippen molar-refractivity contribution in [1.82, 2.24) is 4.68 Å². The van der Waals surface area contributed by atoms with E-state index in [1.165, 1.54) is 62.5 Å². The average Bonchev–Trinajstić information content (AvgIpc) is 3.09. The largest absolute Gasteiger partial charge is 0.490 e. The molecular formula is C26H38N2O3. The first kappa shape index (κ1) is 21.1. The predicted octanol–water partition coefficient (Wildman–Crippen LogP) is 4.77. The van der Waals surface area contributed by atoms with Crippen molar-refractivity contribution in [3.63, 3.8) is 0 Å². The predicted molar refractivity (Wildman–Crippen MR) is 122 cm³/mol. The third kappa shape index (κ3) is 3.43. The van der Waals surface area contributed by atoms with E-state index in [9.17, 15) is 9.59 Å². The molecule has 0 bridgehead atoms. The van der Waals surface area contributed by atoms with E-state index in [0.717, 1.165) is 36.4 Å². The summed E-state index contributed by atoms with van der Waals surface area (Å²) in [5.41, 5.74) is 3.37. The minimum Gasteiger partial charge on any atom is -0.490 e. The second-order valence-electron chi connectivity index (χ2n) is 11.2. The fourth-order valence-electron chi connectivity index (χ4n) is 8.41. The number of hydrogen-bond acceptors (Lipinski definition) is 4. The van der Waals surface area contributed by atoms with Crippen LogP contribution in [0, 0.1) is 34.5 Å². The maximum atomic E-state index is 12.3. The molecule has 4 aliphatic rings. The van der Waals surface area contributed by atoms with E-state index >= 15 is 0 Å². The molecule has 0 aromatic carbocycles. The van der Waals surface area contributed by atoms with Crippen LogP contribution in [0.15, 0.2) is 23.1 Å². The Morgan fingerprint density at radius 2 is 1.90 bits per heavy atom. The summed E-state index contributed by atoms with van der Waals surface area (Å²) in [4.78, 5) is 22.9. The van der Waals surface area contributed by atoms with Gasteiger partial charge < -0.3 is 15.0 Å². The van der Waals surface area contributed by atoms with Gasteiger partial charge in [-0.1, -0.05) is 26.7 Å². The number of rotatable bonds is 5. The highest BCUT2D eigenvalue weighted by molar-refractivity contribution is 5.53. The number of carbonyl (C=O) groups excluding carboxylic acids is 1. The van der Waals surface area contributed by atoms with Crippen molar-refractivity contribution >= 4 is 6.29 Å². The molecule has 1 heterocycles. The van der Waals surface area contributed by atoms with Crippen molar-refractivity contribution < 1.29 is 9.53 Å². The molecule has 31 heavy (non-hydrogen) atoms. The van der Waals surface area contributed by atoms with Crippen LogP contribution in [0.1, 0.15) is 78.1 Å². The number of ether oxygens (including phenoxy) is 1. The minimum absolute atomic E-state index is 0.116. The number of nitrogens with one attached hydrogen (secondary N) is 1. The first-order valence-corrected chi connectivity index (χ1v) is 12.5. The van der Waals surface area contributed by atoms with Crippen LogP contribution in [-0.2, 0) is 4.79 Å². The van der Waals surface area contributed by atoms with Gasteiger partial charge in [-0.3, -0.25) is 4.79 Å². The third-order valence-corrected chi connectivity index (χ3v) is 10.0. The van der Waals surface area contributed by atoms with Crippen LogP contribution < -0.4 is 15.7 Å². The van der Waals surface area contributed by atoms with E-state index in [4.69, 9.17) is 4.74 Å². The van der Waals surface area contributed by atoms with Crippen LogP contribution >= 0.6 is 0 Å². The summed E-state index contributed by atoms with van der Waals surface area (Å²) in [6.07, 6.45) is 16.2. The fourth-order valence-corrected chi connectivity index (χ4v) is 8.41. The second-order valence-corrected chi connectivity index (χ2v) is 11.2. The van der Waals surface area contributed by atoms with Crippen LogP contribution in [0.2, 0.25) is 0 Å². The van der Waals surface area contributed by atoms with Gasteiger partial charge >= 0.3 is 0 Å². The monoisotopic (exact) mass is 426 g/mol. The van der Waals surface area contributed by atoms with Gasteiger partial charge in [0.1, 0.15) is 18.1 Å². The summed E-state index contributed by atoms with van der Waals surface area (Å²) in [5, 5.41) is 0. The summed E-state index contributed by atoms with van der Waals surface area (Å²) in [7, 11) is 0. The highest BCUT2D eigenvalue weighted by Gasteiger charge is 2.60. The van der Waals surface area contributed by atoms with Crippen LogP contribution in [0.4, 0.5) is 0 Å². The van der Waals surface area contributed by atoms with Gasteiger partial charge in [-0.05, 0) is 86.5 Å². The molecule has 170 valence electrons. The smallest absolute Gasteiger partial charge is 0.272 e. The van der Waals surface area contributed by atoms with E-state index in [1.807, 2.05) is 6.07 Å². The first-order valence-electron chi connectivity index (χ1n) is 12.5. The molecule has 4 saturated carbocycles. The Bertz CT molecular complexity index is 882. The molecule has 0 saturated heterocycles. The van der Waals surface area contributed by atoms with E-state index in [-0.39, 0.29) is 23.6 Å².